The fourth-order valence-corrected chi connectivity index (χ4v) is 5.13. The molecule has 5 heteroatoms. The summed E-state index contributed by atoms with van der Waals surface area (Å²) in [5.74, 6) is 0.0783. The van der Waals surface area contributed by atoms with Gasteiger partial charge in [-0.15, -0.1) is 23.1 Å². The molecule has 126 valence electrons. The van der Waals surface area contributed by atoms with E-state index < -0.39 is 0 Å². The molecule has 0 saturated heterocycles. The lowest BCUT2D eigenvalue weighted by Gasteiger charge is -2.20. The number of carbonyl (C=O) groups is 1. The molecule has 25 heavy (non-hydrogen) atoms. The fourth-order valence-electron chi connectivity index (χ4n) is 2.99. The maximum atomic E-state index is 12.9. The topological polar surface area (TPSA) is 29.1 Å². The van der Waals surface area contributed by atoms with E-state index >= 15 is 0 Å². The highest BCUT2D eigenvalue weighted by atomic mass is 35.5. The Morgan fingerprint density at radius 1 is 1.08 bits per heavy atom. The van der Waals surface area contributed by atoms with E-state index in [4.69, 9.17) is 11.6 Å². The fraction of sp³-hybridized carbons (Fsp3) is 0.150. The molecule has 3 aromatic rings. The molecule has 0 radical (unpaired) electrons. The molecule has 0 aliphatic carbocycles. The molecule has 1 aliphatic heterocycles. The van der Waals surface area contributed by atoms with Gasteiger partial charge < -0.3 is 5.32 Å². The van der Waals surface area contributed by atoms with E-state index in [1.807, 2.05) is 47.8 Å². The van der Waals surface area contributed by atoms with E-state index in [0.29, 0.717) is 5.02 Å². The highest BCUT2D eigenvalue weighted by Gasteiger charge is 2.30. The van der Waals surface area contributed by atoms with Crippen molar-refractivity contribution in [3.63, 3.8) is 0 Å². The molecule has 2 unspecified atom stereocenters. The van der Waals surface area contributed by atoms with E-state index in [0.717, 1.165) is 16.9 Å². The van der Waals surface area contributed by atoms with Gasteiger partial charge in [0, 0.05) is 14.8 Å². The van der Waals surface area contributed by atoms with Crippen molar-refractivity contribution in [1.82, 2.24) is 5.32 Å². The van der Waals surface area contributed by atoms with Crippen LogP contribution in [0.5, 0.6) is 0 Å². The number of hydrogen-bond donors (Lipinski definition) is 1. The van der Waals surface area contributed by atoms with Crippen LogP contribution in [0.1, 0.15) is 22.0 Å². The van der Waals surface area contributed by atoms with Crippen LogP contribution in [-0.2, 0) is 11.2 Å². The first-order valence-electron chi connectivity index (χ1n) is 8.04. The summed E-state index contributed by atoms with van der Waals surface area (Å²) in [5.41, 5.74) is 2.30. The zero-order valence-electron chi connectivity index (χ0n) is 13.3. The van der Waals surface area contributed by atoms with Crippen LogP contribution in [0.25, 0.3) is 0 Å². The number of rotatable bonds is 4. The number of benzene rings is 2. The van der Waals surface area contributed by atoms with Crippen LogP contribution in [-0.4, -0.2) is 11.2 Å². The number of thiophene rings is 1. The molecular weight excluding hydrogens is 370 g/mol. The first kappa shape index (κ1) is 16.7. The number of fused-ring (bicyclic) bond motifs is 1. The number of carbonyl (C=O) groups excluding carboxylic acids is 1. The summed E-state index contributed by atoms with van der Waals surface area (Å²) in [6.07, 6.45) is 0.782. The molecule has 0 spiro atoms. The van der Waals surface area contributed by atoms with Gasteiger partial charge in [-0.25, -0.2) is 0 Å². The monoisotopic (exact) mass is 385 g/mol. The van der Waals surface area contributed by atoms with Crippen molar-refractivity contribution in [1.29, 1.82) is 0 Å². The van der Waals surface area contributed by atoms with Gasteiger partial charge >= 0.3 is 0 Å². The molecule has 0 saturated carbocycles. The van der Waals surface area contributed by atoms with Crippen molar-refractivity contribution in [3.8, 4) is 0 Å². The minimum Gasteiger partial charge on any atom is -0.343 e. The summed E-state index contributed by atoms with van der Waals surface area (Å²) in [5, 5.41) is 5.89. The van der Waals surface area contributed by atoms with Gasteiger partial charge in [-0.05, 0) is 47.2 Å². The lowest BCUT2D eigenvalue weighted by atomic mass is 10.0. The predicted molar refractivity (Wildman–Crippen MR) is 106 cm³/mol. The van der Waals surface area contributed by atoms with Crippen LogP contribution < -0.4 is 5.32 Å². The molecule has 0 bridgehead atoms. The van der Waals surface area contributed by atoms with Gasteiger partial charge in [0.2, 0.25) is 5.91 Å². The lowest BCUT2D eigenvalue weighted by Crippen LogP contribution is -2.35. The molecule has 2 aromatic carbocycles. The summed E-state index contributed by atoms with van der Waals surface area (Å²) in [6.45, 7) is 0. The van der Waals surface area contributed by atoms with Crippen molar-refractivity contribution in [2.45, 2.75) is 22.6 Å². The average Bonchev–Trinajstić information content (AvgIpc) is 3.30. The molecule has 0 fully saturated rings. The highest BCUT2D eigenvalue weighted by Crippen LogP contribution is 2.37. The number of nitrogens with one attached hydrogen (secondary N) is 1. The molecule has 2 atom stereocenters. The van der Waals surface area contributed by atoms with Gasteiger partial charge in [-0.1, -0.05) is 48.0 Å². The minimum atomic E-state index is -0.144. The van der Waals surface area contributed by atoms with E-state index in [-0.39, 0.29) is 17.2 Å². The van der Waals surface area contributed by atoms with Crippen molar-refractivity contribution >= 4 is 40.6 Å². The molecular formula is C20H16ClNOS2. The molecule has 2 nitrogen and oxygen atoms in total. The highest BCUT2D eigenvalue weighted by molar-refractivity contribution is 8.01. The maximum Gasteiger partial charge on any atom is 0.234 e. The summed E-state index contributed by atoms with van der Waals surface area (Å²) in [7, 11) is 0. The van der Waals surface area contributed by atoms with Crippen LogP contribution in [0.2, 0.25) is 5.02 Å². The third kappa shape index (κ3) is 3.61. The van der Waals surface area contributed by atoms with Crippen molar-refractivity contribution in [3.05, 3.63) is 87.1 Å². The van der Waals surface area contributed by atoms with Crippen LogP contribution in [0.3, 0.4) is 0 Å². The van der Waals surface area contributed by atoms with Gasteiger partial charge in [0.05, 0.1) is 11.3 Å². The number of thioether (sulfide) groups is 1. The van der Waals surface area contributed by atoms with Gasteiger partial charge in [-0.2, -0.15) is 0 Å². The molecule has 2 heterocycles. The van der Waals surface area contributed by atoms with Crippen LogP contribution in [0.4, 0.5) is 0 Å². The smallest absolute Gasteiger partial charge is 0.234 e. The lowest BCUT2D eigenvalue weighted by molar-refractivity contribution is -0.121. The third-order valence-electron chi connectivity index (χ3n) is 4.26. The van der Waals surface area contributed by atoms with E-state index in [9.17, 15) is 4.79 Å². The van der Waals surface area contributed by atoms with Crippen LogP contribution in [0.15, 0.2) is 70.9 Å². The quantitative estimate of drug-likeness (QED) is 0.658. The molecule has 4 rings (SSSR count). The maximum absolute atomic E-state index is 12.9. The number of hydrogen-bond acceptors (Lipinski definition) is 3. The summed E-state index contributed by atoms with van der Waals surface area (Å²) < 4.78 is 0. The Balaban J connectivity index is 1.55. The third-order valence-corrected chi connectivity index (χ3v) is 6.76. The molecule has 1 aliphatic rings. The van der Waals surface area contributed by atoms with Crippen molar-refractivity contribution in [2.75, 3.05) is 0 Å². The Labute approximate surface area is 160 Å². The van der Waals surface area contributed by atoms with E-state index in [1.54, 1.807) is 23.1 Å². The standard InChI is InChI=1S/C20H16ClNOS2/c21-15-9-7-13(8-10-15)19(17-6-3-11-24-17)22-20(23)18-12-14-4-1-2-5-16(14)25-18/h1-11,18-19H,12H2,(H,22,23). The van der Waals surface area contributed by atoms with Gasteiger partial charge in [-0.3, -0.25) is 4.79 Å². The van der Waals surface area contributed by atoms with Crippen molar-refractivity contribution in [2.24, 2.45) is 0 Å². The first-order chi connectivity index (χ1) is 12.2. The largest absolute Gasteiger partial charge is 0.343 e. The zero-order valence-corrected chi connectivity index (χ0v) is 15.7. The van der Waals surface area contributed by atoms with Gasteiger partial charge in [0.1, 0.15) is 0 Å². The SMILES string of the molecule is O=C(NC(c1ccc(Cl)cc1)c1cccs1)C1Cc2ccccc2S1. The van der Waals surface area contributed by atoms with E-state index in [1.165, 1.54) is 10.5 Å². The van der Waals surface area contributed by atoms with Crippen molar-refractivity contribution < 1.29 is 4.79 Å². The molecule has 1 aromatic heterocycles. The molecule has 1 N–H and O–H groups in total. The van der Waals surface area contributed by atoms with Crippen LogP contribution in [0, 0.1) is 0 Å². The summed E-state index contributed by atoms with van der Waals surface area (Å²) in [4.78, 5) is 15.2. The summed E-state index contributed by atoms with van der Waals surface area (Å²) >= 11 is 9.31. The summed E-state index contributed by atoms with van der Waals surface area (Å²) in [6, 6.07) is 19.8. The number of amides is 1. The van der Waals surface area contributed by atoms with Gasteiger partial charge in [0.25, 0.3) is 0 Å². The second-order valence-electron chi connectivity index (χ2n) is 5.93. The Morgan fingerprint density at radius 2 is 1.88 bits per heavy atom. The molecule has 1 amide bonds. The Hall–Kier alpha value is -1.75. The first-order valence-corrected chi connectivity index (χ1v) is 10.2. The van der Waals surface area contributed by atoms with Crippen LogP contribution >= 0.6 is 34.7 Å². The average molecular weight is 386 g/mol. The second-order valence-corrected chi connectivity index (χ2v) is 8.59. The Kier molecular flexibility index (Phi) is 4.84. The zero-order chi connectivity index (χ0) is 17.2. The van der Waals surface area contributed by atoms with Gasteiger partial charge in [0.15, 0.2) is 0 Å². The normalized spacial score (nSPS) is 17.1. The Morgan fingerprint density at radius 3 is 2.60 bits per heavy atom. The number of halogens is 1. The Bertz CT molecular complexity index is 852. The second kappa shape index (κ2) is 7.24. The minimum absolute atomic E-state index is 0.0767. The predicted octanol–water partition coefficient (Wildman–Crippen LogP) is 5.32. The van der Waals surface area contributed by atoms with E-state index in [2.05, 4.69) is 23.5 Å².